The highest BCUT2D eigenvalue weighted by atomic mass is 35.5. The monoisotopic (exact) mass is 239 g/mol. The molecule has 2 rings (SSSR count). The second-order valence-electron chi connectivity index (χ2n) is 4.46. The van der Waals surface area contributed by atoms with Crippen molar-refractivity contribution in [2.24, 2.45) is 0 Å². The van der Waals surface area contributed by atoms with Crippen LogP contribution in [0.5, 0.6) is 0 Å². The molecule has 0 aromatic carbocycles. The summed E-state index contributed by atoms with van der Waals surface area (Å²) in [5.74, 6) is 0.102. The molecule has 0 aliphatic heterocycles. The van der Waals surface area contributed by atoms with Gasteiger partial charge in [0.1, 0.15) is 5.82 Å². The van der Waals surface area contributed by atoms with Gasteiger partial charge in [0.25, 0.3) is 5.91 Å². The highest BCUT2D eigenvalue weighted by Crippen LogP contribution is 2.31. The van der Waals surface area contributed by atoms with Gasteiger partial charge in [-0.3, -0.25) is 4.79 Å². The van der Waals surface area contributed by atoms with E-state index in [2.05, 4.69) is 10.3 Å². The van der Waals surface area contributed by atoms with Gasteiger partial charge in [0.2, 0.25) is 0 Å². The molecular formula is C11H14ClN3O. The van der Waals surface area contributed by atoms with E-state index in [0.717, 1.165) is 19.3 Å². The van der Waals surface area contributed by atoms with Gasteiger partial charge in [0.05, 0.1) is 10.6 Å². The number of nitrogen functional groups attached to an aromatic ring is 1. The lowest BCUT2D eigenvalue weighted by molar-refractivity contribution is 0.0850. The molecule has 1 aromatic heterocycles. The SMILES string of the molecule is CC1(NC(=O)c2cnc(N)c(Cl)c2)CCC1. The van der Waals surface area contributed by atoms with Crippen LogP contribution < -0.4 is 11.1 Å². The van der Waals surface area contributed by atoms with E-state index in [1.54, 1.807) is 6.07 Å². The van der Waals surface area contributed by atoms with Gasteiger partial charge in [-0.2, -0.15) is 0 Å². The Hall–Kier alpha value is -1.29. The maximum absolute atomic E-state index is 11.9. The van der Waals surface area contributed by atoms with Gasteiger partial charge in [-0.15, -0.1) is 0 Å². The van der Waals surface area contributed by atoms with Gasteiger partial charge >= 0.3 is 0 Å². The van der Waals surface area contributed by atoms with E-state index >= 15 is 0 Å². The van der Waals surface area contributed by atoms with Gasteiger partial charge in [0, 0.05) is 11.7 Å². The summed E-state index contributed by atoms with van der Waals surface area (Å²) in [6, 6.07) is 1.54. The maximum Gasteiger partial charge on any atom is 0.253 e. The van der Waals surface area contributed by atoms with Crippen molar-refractivity contribution in [3.63, 3.8) is 0 Å². The van der Waals surface area contributed by atoms with E-state index in [0.29, 0.717) is 10.6 Å². The second kappa shape index (κ2) is 3.94. The Labute approximate surface area is 99.2 Å². The first kappa shape index (κ1) is 11.2. The zero-order valence-corrected chi connectivity index (χ0v) is 9.84. The number of nitrogens with two attached hydrogens (primary N) is 1. The predicted octanol–water partition coefficient (Wildman–Crippen LogP) is 1.99. The first-order chi connectivity index (χ1) is 7.50. The van der Waals surface area contributed by atoms with E-state index in [1.165, 1.54) is 6.20 Å². The molecule has 3 N–H and O–H groups in total. The van der Waals surface area contributed by atoms with Crippen LogP contribution in [0.25, 0.3) is 0 Å². The van der Waals surface area contributed by atoms with Crippen molar-refractivity contribution in [3.8, 4) is 0 Å². The van der Waals surface area contributed by atoms with Crippen LogP contribution in [0.1, 0.15) is 36.5 Å². The second-order valence-corrected chi connectivity index (χ2v) is 4.87. The number of rotatable bonds is 2. The zero-order chi connectivity index (χ0) is 11.8. The summed E-state index contributed by atoms with van der Waals surface area (Å²) in [4.78, 5) is 15.7. The average molecular weight is 240 g/mol. The van der Waals surface area contributed by atoms with Crippen LogP contribution in [-0.4, -0.2) is 16.4 Å². The molecule has 1 aliphatic rings. The van der Waals surface area contributed by atoms with Crippen LogP contribution in [-0.2, 0) is 0 Å². The van der Waals surface area contributed by atoms with Crippen LogP contribution in [0.2, 0.25) is 5.02 Å². The lowest BCUT2D eigenvalue weighted by atomic mass is 9.78. The third kappa shape index (κ3) is 2.11. The molecule has 86 valence electrons. The van der Waals surface area contributed by atoms with Gasteiger partial charge in [0.15, 0.2) is 0 Å². The Kier molecular flexibility index (Phi) is 2.76. The molecule has 0 radical (unpaired) electrons. The molecular weight excluding hydrogens is 226 g/mol. The number of nitrogens with zero attached hydrogens (tertiary/aromatic N) is 1. The minimum Gasteiger partial charge on any atom is -0.382 e. The van der Waals surface area contributed by atoms with Crippen LogP contribution >= 0.6 is 11.6 Å². The molecule has 1 aromatic rings. The number of aromatic nitrogens is 1. The Morgan fingerprint density at radius 1 is 1.62 bits per heavy atom. The van der Waals surface area contributed by atoms with E-state index < -0.39 is 0 Å². The molecule has 1 amide bonds. The van der Waals surface area contributed by atoms with Gasteiger partial charge in [-0.25, -0.2) is 4.98 Å². The number of hydrogen-bond donors (Lipinski definition) is 2. The summed E-state index contributed by atoms with van der Waals surface area (Å²) >= 11 is 5.81. The largest absolute Gasteiger partial charge is 0.382 e. The standard InChI is InChI=1S/C11H14ClN3O/c1-11(3-2-4-11)15-10(16)7-5-8(12)9(13)14-6-7/h5-6H,2-4H2,1H3,(H2,13,14)(H,15,16). The molecule has 0 atom stereocenters. The summed E-state index contributed by atoms with van der Waals surface area (Å²) in [7, 11) is 0. The number of carbonyl (C=O) groups is 1. The molecule has 1 saturated carbocycles. The summed E-state index contributed by atoms with van der Waals surface area (Å²) in [6.07, 6.45) is 4.65. The summed E-state index contributed by atoms with van der Waals surface area (Å²) in [5.41, 5.74) is 5.87. The number of amides is 1. The summed E-state index contributed by atoms with van der Waals surface area (Å²) < 4.78 is 0. The topological polar surface area (TPSA) is 68.0 Å². The quantitative estimate of drug-likeness (QED) is 0.829. The third-order valence-corrected chi connectivity index (χ3v) is 3.31. The van der Waals surface area contributed by atoms with Crippen molar-refractivity contribution in [1.82, 2.24) is 10.3 Å². The molecule has 1 aliphatic carbocycles. The smallest absolute Gasteiger partial charge is 0.253 e. The number of pyridine rings is 1. The molecule has 0 unspecified atom stereocenters. The fourth-order valence-electron chi connectivity index (χ4n) is 1.75. The molecule has 0 spiro atoms. The number of hydrogen-bond acceptors (Lipinski definition) is 3. The van der Waals surface area contributed by atoms with Gasteiger partial charge < -0.3 is 11.1 Å². The molecule has 0 saturated heterocycles. The summed E-state index contributed by atoms with van der Waals surface area (Å²) in [5, 5.41) is 3.29. The number of halogens is 1. The first-order valence-electron chi connectivity index (χ1n) is 5.24. The van der Waals surface area contributed by atoms with Crippen molar-refractivity contribution in [3.05, 3.63) is 22.8 Å². The fraction of sp³-hybridized carbons (Fsp3) is 0.455. The average Bonchev–Trinajstić information content (AvgIpc) is 2.19. The van der Waals surface area contributed by atoms with Gasteiger partial charge in [-0.05, 0) is 32.3 Å². The van der Waals surface area contributed by atoms with Crippen molar-refractivity contribution in [2.45, 2.75) is 31.7 Å². The first-order valence-corrected chi connectivity index (χ1v) is 5.61. The Balaban J connectivity index is 2.11. The van der Waals surface area contributed by atoms with E-state index in [9.17, 15) is 4.79 Å². The molecule has 0 bridgehead atoms. The maximum atomic E-state index is 11.9. The lowest BCUT2D eigenvalue weighted by Crippen LogP contribution is -2.50. The van der Waals surface area contributed by atoms with Crippen LogP contribution in [0.15, 0.2) is 12.3 Å². The highest BCUT2D eigenvalue weighted by molar-refractivity contribution is 6.33. The summed E-state index contributed by atoms with van der Waals surface area (Å²) in [6.45, 7) is 2.04. The Bertz CT molecular complexity index is 429. The van der Waals surface area contributed by atoms with Crippen LogP contribution in [0.4, 0.5) is 5.82 Å². The number of anilines is 1. The third-order valence-electron chi connectivity index (χ3n) is 3.00. The van der Waals surface area contributed by atoms with E-state index in [1.807, 2.05) is 6.92 Å². The number of carbonyl (C=O) groups excluding carboxylic acids is 1. The van der Waals surface area contributed by atoms with Crippen molar-refractivity contribution >= 4 is 23.3 Å². The normalized spacial score (nSPS) is 17.6. The van der Waals surface area contributed by atoms with Crippen molar-refractivity contribution in [1.29, 1.82) is 0 Å². The molecule has 16 heavy (non-hydrogen) atoms. The predicted molar refractivity (Wildman–Crippen MR) is 63.4 cm³/mol. The Morgan fingerprint density at radius 3 is 2.81 bits per heavy atom. The van der Waals surface area contributed by atoms with Crippen LogP contribution in [0.3, 0.4) is 0 Å². The molecule has 1 heterocycles. The fourth-order valence-corrected chi connectivity index (χ4v) is 1.92. The van der Waals surface area contributed by atoms with Crippen LogP contribution in [0, 0.1) is 0 Å². The van der Waals surface area contributed by atoms with E-state index in [-0.39, 0.29) is 17.3 Å². The highest BCUT2D eigenvalue weighted by Gasteiger charge is 2.33. The van der Waals surface area contributed by atoms with Crippen molar-refractivity contribution < 1.29 is 4.79 Å². The lowest BCUT2D eigenvalue weighted by Gasteiger charge is -2.39. The molecule has 5 heteroatoms. The van der Waals surface area contributed by atoms with Gasteiger partial charge in [-0.1, -0.05) is 11.6 Å². The minimum atomic E-state index is -0.142. The van der Waals surface area contributed by atoms with Crippen molar-refractivity contribution in [2.75, 3.05) is 5.73 Å². The van der Waals surface area contributed by atoms with E-state index in [4.69, 9.17) is 17.3 Å². The number of nitrogens with one attached hydrogen (secondary N) is 1. The molecule has 1 fully saturated rings. The Morgan fingerprint density at radius 2 is 2.31 bits per heavy atom. The molecule has 4 nitrogen and oxygen atoms in total. The minimum absolute atomic E-state index is 0.0645. The zero-order valence-electron chi connectivity index (χ0n) is 9.09.